The first-order valence-electron chi connectivity index (χ1n) is 4.52. The standard InChI is InChI=1S/C7H13N4O5P/c1-4-5(8)10-7(9)11-6(4)15-2-3-16-17(12,13)14/h2-3H2,1H3,(H2,12,13,14)(H4,8,9,10,11). The zero-order valence-electron chi connectivity index (χ0n) is 9.03. The number of ether oxygens (including phenoxy) is 1. The maximum absolute atomic E-state index is 10.4. The third-order valence-corrected chi connectivity index (χ3v) is 2.26. The van der Waals surface area contributed by atoms with Gasteiger partial charge < -0.3 is 26.0 Å². The number of nitrogens with two attached hydrogens (primary N) is 2. The second-order valence-corrected chi connectivity index (χ2v) is 4.31. The van der Waals surface area contributed by atoms with Crippen LogP contribution in [0.1, 0.15) is 5.56 Å². The smallest absolute Gasteiger partial charge is 0.469 e. The molecule has 0 aliphatic heterocycles. The molecule has 0 aliphatic rings. The van der Waals surface area contributed by atoms with Crippen LogP contribution in [0, 0.1) is 6.92 Å². The van der Waals surface area contributed by atoms with E-state index in [0.717, 1.165) is 0 Å². The monoisotopic (exact) mass is 264 g/mol. The van der Waals surface area contributed by atoms with Gasteiger partial charge in [0.25, 0.3) is 0 Å². The Labute approximate surface area is 97.0 Å². The molecule has 0 spiro atoms. The van der Waals surface area contributed by atoms with Gasteiger partial charge in [-0.25, -0.2) is 4.57 Å². The lowest BCUT2D eigenvalue weighted by Crippen LogP contribution is -2.10. The fraction of sp³-hybridized carbons (Fsp3) is 0.429. The van der Waals surface area contributed by atoms with E-state index in [0.29, 0.717) is 5.56 Å². The Bertz CT molecular complexity index is 448. The molecule has 0 saturated carbocycles. The van der Waals surface area contributed by atoms with Crippen LogP contribution in [0.15, 0.2) is 0 Å². The molecule has 10 heteroatoms. The van der Waals surface area contributed by atoms with E-state index in [-0.39, 0.29) is 30.9 Å². The highest BCUT2D eigenvalue weighted by Gasteiger charge is 2.14. The minimum absolute atomic E-state index is 0.0426. The minimum Gasteiger partial charge on any atom is -0.475 e. The van der Waals surface area contributed by atoms with E-state index in [4.69, 9.17) is 26.0 Å². The van der Waals surface area contributed by atoms with Gasteiger partial charge in [-0.2, -0.15) is 9.97 Å². The first-order chi connectivity index (χ1) is 7.79. The van der Waals surface area contributed by atoms with Crippen molar-refractivity contribution in [2.45, 2.75) is 6.92 Å². The molecular weight excluding hydrogens is 251 g/mol. The topological polar surface area (TPSA) is 154 Å². The molecule has 0 atom stereocenters. The van der Waals surface area contributed by atoms with Crippen LogP contribution in [0.4, 0.5) is 11.8 Å². The molecule has 0 saturated heterocycles. The molecule has 0 fully saturated rings. The van der Waals surface area contributed by atoms with E-state index in [1.54, 1.807) is 6.92 Å². The van der Waals surface area contributed by atoms with Gasteiger partial charge in [0.15, 0.2) is 0 Å². The Morgan fingerprint density at radius 3 is 2.53 bits per heavy atom. The van der Waals surface area contributed by atoms with Crippen molar-refractivity contribution < 1.29 is 23.6 Å². The molecule has 0 amide bonds. The van der Waals surface area contributed by atoms with Crippen LogP contribution < -0.4 is 16.2 Å². The van der Waals surface area contributed by atoms with Gasteiger partial charge in [0.1, 0.15) is 12.4 Å². The Hall–Kier alpha value is -1.41. The van der Waals surface area contributed by atoms with Crippen LogP contribution >= 0.6 is 7.82 Å². The largest absolute Gasteiger partial charge is 0.475 e. The fourth-order valence-corrected chi connectivity index (χ4v) is 1.28. The minimum atomic E-state index is -4.48. The summed E-state index contributed by atoms with van der Waals surface area (Å²) in [7, 11) is -4.48. The summed E-state index contributed by atoms with van der Waals surface area (Å²) >= 11 is 0. The van der Waals surface area contributed by atoms with Gasteiger partial charge in [0.05, 0.1) is 12.2 Å². The van der Waals surface area contributed by atoms with Gasteiger partial charge in [-0.05, 0) is 6.92 Å². The summed E-state index contributed by atoms with van der Waals surface area (Å²) in [4.78, 5) is 24.3. The van der Waals surface area contributed by atoms with Crippen molar-refractivity contribution >= 4 is 19.6 Å². The van der Waals surface area contributed by atoms with Crippen molar-refractivity contribution in [1.29, 1.82) is 0 Å². The van der Waals surface area contributed by atoms with Gasteiger partial charge in [-0.1, -0.05) is 0 Å². The number of anilines is 2. The van der Waals surface area contributed by atoms with E-state index in [1.165, 1.54) is 0 Å². The summed E-state index contributed by atoms with van der Waals surface area (Å²) in [6.45, 7) is 1.25. The number of nitrogen functional groups attached to an aromatic ring is 2. The summed E-state index contributed by atoms with van der Waals surface area (Å²) in [5.41, 5.74) is 11.4. The number of nitrogens with zero attached hydrogens (tertiary/aromatic N) is 2. The molecule has 1 aromatic heterocycles. The average molecular weight is 264 g/mol. The molecular formula is C7H13N4O5P. The number of aromatic nitrogens is 2. The van der Waals surface area contributed by atoms with E-state index < -0.39 is 7.82 Å². The third kappa shape index (κ3) is 4.53. The van der Waals surface area contributed by atoms with Gasteiger partial charge in [0, 0.05) is 0 Å². The highest BCUT2D eigenvalue weighted by atomic mass is 31.2. The molecule has 96 valence electrons. The molecule has 9 nitrogen and oxygen atoms in total. The number of hydrogen-bond donors (Lipinski definition) is 4. The van der Waals surface area contributed by atoms with Crippen LogP contribution in [0.3, 0.4) is 0 Å². The predicted molar refractivity (Wildman–Crippen MR) is 59.1 cm³/mol. The Balaban J connectivity index is 2.55. The molecule has 1 aromatic rings. The highest BCUT2D eigenvalue weighted by molar-refractivity contribution is 7.46. The Morgan fingerprint density at radius 2 is 1.94 bits per heavy atom. The number of hydrogen-bond acceptors (Lipinski definition) is 7. The van der Waals surface area contributed by atoms with Crippen molar-refractivity contribution in [2.24, 2.45) is 0 Å². The summed E-state index contributed by atoms with van der Waals surface area (Å²) in [5, 5.41) is 0. The molecule has 17 heavy (non-hydrogen) atoms. The molecule has 1 rings (SSSR count). The molecule has 1 heterocycles. The van der Waals surface area contributed by atoms with E-state index in [9.17, 15) is 4.57 Å². The lowest BCUT2D eigenvalue weighted by molar-refractivity contribution is 0.158. The first-order valence-corrected chi connectivity index (χ1v) is 6.05. The average Bonchev–Trinajstić information content (AvgIpc) is 2.18. The Morgan fingerprint density at radius 1 is 1.29 bits per heavy atom. The van der Waals surface area contributed by atoms with Gasteiger partial charge in [-0.3, -0.25) is 4.52 Å². The zero-order valence-corrected chi connectivity index (χ0v) is 9.92. The van der Waals surface area contributed by atoms with E-state index in [1.807, 2.05) is 0 Å². The van der Waals surface area contributed by atoms with Crippen molar-refractivity contribution in [1.82, 2.24) is 9.97 Å². The fourth-order valence-electron chi connectivity index (χ4n) is 0.965. The normalized spacial score (nSPS) is 11.5. The van der Waals surface area contributed by atoms with Crippen molar-refractivity contribution in [3.05, 3.63) is 5.56 Å². The van der Waals surface area contributed by atoms with E-state index >= 15 is 0 Å². The van der Waals surface area contributed by atoms with Crippen molar-refractivity contribution in [2.75, 3.05) is 24.7 Å². The summed E-state index contributed by atoms with van der Waals surface area (Å²) < 4.78 is 19.7. The molecule has 6 N–H and O–H groups in total. The third-order valence-electron chi connectivity index (χ3n) is 1.74. The molecule has 0 radical (unpaired) electrons. The molecule has 0 aromatic carbocycles. The van der Waals surface area contributed by atoms with Crippen molar-refractivity contribution in [3.63, 3.8) is 0 Å². The maximum atomic E-state index is 10.4. The summed E-state index contributed by atoms with van der Waals surface area (Å²) in [6, 6.07) is 0. The van der Waals surface area contributed by atoms with Crippen LogP contribution in [0.5, 0.6) is 5.88 Å². The SMILES string of the molecule is Cc1c(N)nc(N)nc1OCCOP(=O)(O)O. The van der Waals surface area contributed by atoms with Gasteiger partial charge >= 0.3 is 7.82 Å². The molecule has 0 aliphatic carbocycles. The Kier molecular flexibility index (Phi) is 4.24. The number of phosphoric acid groups is 1. The van der Waals surface area contributed by atoms with Gasteiger partial charge in [0.2, 0.25) is 11.8 Å². The lowest BCUT2D eigenvalue weighted by Gasteiger charge is -2.10. The first kappa shape index (κ1) is 13.7. The summed E-state index contributed by atoms with van der Waals surface area (Å²) in [6.07, 6.45) is 0. The van der Waals surface area contributed by atoms with Crippen LogP contribution in [-0.2, 0) is 9.09 Å². The predicted octanol–water partition coefficient (Wildman–Crippen LogP) is -0.562. The van der Waals surface area contributed by atoms with Gasteiger partial charge in [-0.15, -0.1) is 0 Å². The summed E-state index contributed by atoms with van der Waals surface area (Å²) in [5.74, 6) is 0.298. The quantitative estimate of drug-likeness (QED) is 0.404. The molecule has 0 unspecified atom stereocenters. The van der Waals surface area contributed by atoms with Crippen molar-refractivity contribution in [3.8, 4) is 5.88 Å². The number of rotatable bonds is 5. The second kappa shape index (κ2) is 5.28. The van der Waals surface area contributed by atoms with Crippen LogP contribution in [0.25, 0.3) is 0 Å². The zero-order chi connectivity index (χ0) is 13.1. The van der Waals surface area contributed by atoms with Crippen LogP contribution in [0.2, 0.25) is 0 Å². The highest BCUT2D eigenvalue weighted by Crippen LogP contribution is 2.35. The van der Waals surface area contributed by atoms with Crippen LogP contribution in [-0.4, -0.2) is 33.0 Å². The van der Waals surface area contributed by atoms with E-state index in [2.05, 4.69) is 14.5 Å². The molecule has 0 bridgehead atoms. The lowest BCUT2D eigenvalue weighted by atomic mass is 10.3. The maximum Gasteiger partial charge on any atom is 0.469 e. The second-order valence-electron chi connectivity index (χ2n) is 3.07. The number of phosphoric ester groups is 1.